The van der Waals surface area contributed by atoms with Crippen LogP contribution in [0.2, 0.25) is 0 Å². The minimum absolute atomic E-state index is 0.342. The Balaban J connectivity index is 0.000000861. The van der Waals surface area contributed by atoms with Gasteiger partial charge < -0.3 is 23.8 Å². The van der Waals surface area contributed by atoms with Gasteiger partial charge in [-0.05, 0) is 66.1 Å². The molecular weight excluding hydrogens is 394 g/mol. The number of methoxy groups -OCH3 is 4. The zero-order valence-electron chi connectivity index (χ0n) is 20.1. The predicted octanol–water partition coefficient (Wildman–Crippen LogP) is 5.31. The van der Waals surface area contributed by atoms with Crippen LogP contribution in [-0.2, 0) is 17.7 Å². The van der Waals surface area contributed by atoms with Crippen molar-refractivity contribution in [3.05, 3.63) is 47.0 Å². The zero-order valence-corrected chi connectivity index (χ0v) is 20.1. The van der Waals surface area contributed by atoms with Crippen molar-refractivity contribution in [3.8, 4) is 23.0 Å². The molecule has 174 valence electrons. The Hall–Kier alpha value is -2.44. The van der Waals surface area contributed by atoms with Crippen molar-refractivity contribution >= 4 is 0 Å². The first-order valence-corrected chi connectivity index (χ1v) is 10.8. The lowest BCUT2D eigenvalue weighted by molar-refractivity contribution is 0.138. The van der Waals surface area contributed by atoms with Gasteiger partial charge in [-0.25, -0.2) is 5.90 Å². The van der Waals surface area contributed by atoms with E-state index in [1.54, 1.807) is 28.4 Å². The van der Waals surface area contributed by atoms with Gasteiger partial charge in [0.2, 0.25) is 0 Å². The SMILES string of the molecule is CCCON.CCCc1cc(OC)c(OC)cc1[C@H](C)Cc1ccc(OC)c(OC)c1. The second-order valence-electron chi connectivity index (χ2n) is 7.32. The van der Waals surface area contributed by atoms with Gasteiger partial charge in [0.1, 0.15) is 0 Å². The third-order valence-electron chi connectivity index (χ3n) is 5.01. The van der Waals surface area contributed by atoms with Crippen LogP contribution >= 0.6 is 0 Å². The van der Waals surface area contributed by atoms with E-state index in [9.17, 15) is 0 Å². The van der Waals surface area contributed by atoms with E-state index in [1.807, 2.05) is 13.0 Å². The summed E-state index contributed by atoms with van der Waals surface area (Å²) < 4.78 is 21.8. The average molecular weight is 434 g/mol. The standard InChI is InChI=1S/C22H30O4.C3H9NO/c1-7-8-17-13-21(25-5)22(26-6)14-18(17)15(2)11-16-9-10-19(23-3)20(12-16)24-4;1-2-3-5-4/h9-10,12-15H,7-8,11H2,1-6H3;2-4H2,1H3/t15-;/m1./s1. The Kier molecular flexibility index (Phi) is 12.5. The minimum atomic E-state index is 0.342. The van der Waals surface area contributed by atoms with E-state index < -0.39 is 0 Å². The number of nitrogens with two attached hydrogens (primary N) is 1. The van der Waals surface area contributed by atoms with Crippen LogP contribution in [0.25, 0.3) is 0 Å². The Labute approximate surface area is 187 Å². The van der Waals surface area contributed by atoms with Crippen LogP contribution in [-0.4, -0.2) is 35.0 Å². The summed E-state index contributed by atoms with van der Waals surface area (Å²) in [5, 5.41) is 0. The van der Waals surface area contributed by atoms with Gasteiger partial charge in [0.05, 0.1) is 35.0 Å². The lowest BCUT2D eigenvalue weighted by Crippen LogP contribution is -2.05. The maximum atomic E-state index is 5.52. The molecule has 2 aromatic rings. The van der Waals surface area contributed by atoms with Crippen LogP contribution in [0.3, 0.4) is 0 Å². The van der Waals surface area contributed by atoms with Gasteiger partial charge in [0.15, 0.2) is 23.0 Å². The Morgan fingerprint density at radius 1 is 0.774 bits per heavy atom. The summed E-state index contributed by atoms with van der Waals surface area (Å²) in [7, 11) is 6.68. The van der Waals surface area contributed by atoms with Crippen LogP contribution in [0, 0.1) is 0 Å². The number of aryl methyl sites for hydroxylation is 1. The lowest BCUT2D eigenvalue weighted by Gasteiger charge is -2.20. The highest BCUT2D eigenvalue weighted by atomic mass is 16.6. The summed E-state index contributed by atoms with van der Waals surface area (Å²) in [6.45, 7) is 7.11. The van der Waals surface area contributed by atoms with Crippen LogP contribution in [0.4, 0.5) is 0 Å². The molecule has 0 bridgehead atoms. The molecule has 6 nitrogen and oxygen atoms in total. The summed E-state index contributed by atoms with van der Waals surface area (Å²) in [6.07, 6.45) is 4.01. The van der Waals surface area contributed by atoms with Crippen LogP contribution in [0.1, 0.15) is 56.2 Å². The van der Waals surface area contributed by atoms with Crippen molar-refractivity contribution in [2.45, 2.75) is 52.4 Å². The van der Waals surface area contributed by atoms with Crippen molar-refractivity contribution in [1.29, 1.82) is 0 Å². The Bertz CT molecular complexity index is 777. The van der Waals surface area contributed by atoms with Crippen LogP contribution < -0.4 is 24.8 Å². The second kappa shape index (κ2) is 14.5. The lowest BCUT2D eigenvalue weighted by atomic mass is 9.88. The molecule has 0 aliphatic heterocycles. The molecule has 0 fully saturated rings. The van der Waals surface area contributed by atoms with Crippen molar-refractivity contribution in [3.63, 3.8) is 0 Å². The molecule has 0 heterocycles. The quantitative estimate of drug-likeness (QED) is 0.485. The molecule has 0 aromatic heterocycles. The first-order chi connectivity index (χ1) is 15.0. The number of benzene rings is 2. The Morgan fingerprint density at radius 2 is 1.35 bits per heavy atom. The van der Waals surface area contributed by atoms with Gasteiger partial charge in [0, 0.05) is 0 Å². The molecule has 0 radical (unpaired) electrons. The minimum Gasteiger partial charge on any atom is -0.493 e. The van der Waals surface area contributed by atoms with Gasteiger partial charge in [-0.3, -0.25) is 0 Å². The van der Waals surface area contributed by atoms with Gasteiger partial charge >= 0.3 is 0 Å². The highest BCUT2D eigenvalue weighted by molar-refractivity contribution is 5.49. The van der Waals surface area contributed by atoms with E-state index in [2.05, 4.69) is 48.8 Å². The van der Waals surface area contributed by atoms with E-state index >= 15 is 0 Å². The molecule has 0 saturated carbocycles. The van der Waals surface area contributed by atoms with E-state index in [4.69, 9.17) is 18.9 Å². The first-order valence-electron chi connectivity index (χ1n) is 10.8. The van der Waals surface area contributed by atoms with Gasteiger partial charge in [0.25, 0.3) is 0 Å². The average Bonchev–Trinajstić information content (AvgIpc) is 2.79. The highest BCUT2D eigenvalue weighted by Gasteiger charge is 2.17. The maximum absolute atomic E-state index is 5.52. The van der Waals surface area contributed by atoms with Crippen molar-refractivity contribution in [2.24, 2.45) is 5.90 Å². The van der Waals surface area contributed by atoms with Gasteiger partial charge in [-0.2, -0.15) is 0 Å². The van der Waals surface area contributed by atoms with E-state index in [-0.39, 0.29) is 0 Å². The topological polar surface area (TPSA) is 72.2 Å². The van der Waals surface area contributed by atoms with Gasteiger partial charge in [-0.15, -0.1) is 0 Å². The summed E-state index contributed by atoms with van der Waals surface area (Å²) in [5.74, 6) is 8.06. The van der Waals surface area contributed by atoms with Gasteiger partial charge in [-0.1, -0.05) is 33.3 Å². The zero-order chi connectivity index (χ0) is 23.2. The summed E-state index contributed by atoms with van der Waals surface area (Å²) in [6, 6.07) is 10.3. The molecule has 0 aliphatic rings. The summed E-state index contributed by atoms with van der Waals surface area (Å²) in [5.41, 5.74) is 3.84. The number of hydrogen-bond donors (Lipinski definition) is 1. The molecule has 0 unspecified atom stereocenters. The Morgan fingerprint density at radius 3 is 1.84 bits per heavy atom. The normalized spacial score (nSPS) is 11.2. The van der Waals surface area contributed by atoms with Crippen molar-refractivity contribution in [2.75, 3.05) is 35.0 Å². The summed E-state index contributed by atoms with van der Waals surface area (Å²) >= 11 is 0. The first kappa shape index (κ1) is 26.6. The molecule has 1 atom stereocenters. The molecule has 0 amide bonds. The van der Waals surface area contributed by atoms with E-state index in [1.165, 1.54) is 16.7 Å². The monoisotopic (exact) mass is 433 g/mol. The maximum Gasteiger partial charge on any atom is 0.161 e. The molecule has 0 aliphatic carbocycles. The smallest absolute Gasteiger partial charge is 0.161 e. The molecule has 0 spiro atoms. The molecular formula is C25H39NO5. The van der Waals surface area contributed by atoms with E-state index in [0.717, 1.165) is 48.7 Å². The molecule has 2 N–H and O–H groups in total. The molecule has 0 saturated heterocycles. The highest BCUT2D eigenvalue weighted by Crippen LogP contribution is 2.36. The molecule has 31 heavy (non-hydrogen) atoms. The molecule has 2 rings (SSSR count). The number of ether oxygens (including phenoxy) is 4. The van der Waals surface area contributed by atoms with Crippen molar-refractivity contribution in [1.82, 2.24) is 0 Å². The predicted molar refractivity (Wildman–Crippen MR) is 126 cm³/mol. The molecule has 6 heteroatoms. The third-order valence-corrected chi connectivity index (χ3v) is 5.01. The summed E-state index contributed by atoms with van der Waals surface area (Å²) in [4.78, 5) is 4.19. The largest absolute Gasteiger partial charge is 0.493 e. The van der Waals surface area contributed by atoms with Crippen molar-refractivity contribution < 1.29 is 23.8 Å². The van der Waals surface area contributed by atoms with Crippen LogP contribution in [0.15, 0.2) is 30.3 Å². The molecule has 2 aromatic carbocycles. The third kappa shape index (κ3) is 7.96. The fraction of sp³-hybridized carbons (Fsp3) is 0.520. The fourth-order valence-electron chi connectivity index (χ4n) is 3.47. The second-order valence-corrected chi connectivity index (χ2v) is 7.32. The van der Waals surface area contributed by atoms with Crippen LogP contribution in [0.5, 0.6) is 23.0 Å². The number of rotatable bonds is 11. The van der Waals surface area contributed by atoms with E-state index in [0.29, 0.717) is 12.5 Å². The fourth-order valence-corrected chi connectivity index (χ4v) is 3.47. The number of hydrogen-bond acceptors (Lipinski definition) is 6.